The molecule has 9 heteroatoms. The molecule has 27 heavy (non-hydrogen) atoms. The van der Waals surface area contributed by atoms with Crippen LogP contribution in [0.2, 0.25) is 0 Å². The number of likely N-dealkylation sites (tertiary alicyclic amines) is 1. The first-order valence-corrected chi connectivity index (χ1v) is 8.89. The van der Waals surface area contributed by atoms with Gasteiger partial charge in [0.15, 0.2) is 0 Å². The van der Waals surface area contributed by atoms with E-state index < -0.39 is 0 Å². The molecule has 1 aliphatic heterocycles. The molecule has 0 saturated carbocycles. The Balaban J connectivity index is 1.61. The average molecular weight is 373 g/mol. The average Bonchev–Trinajstić information content (AvgIpc) is 2.63. The summed E-state index contributed by atoms with van der Waals surface area (Å²) >= 11 is 0. The lowest BCUT2D eigenvalue weighted by Crippen LogP contribution is -2.44. The van der Waals surface area contributed by atoms with E-state index in [4.69, 9.17) is 5.73 Å². The number of benzene rings is 1. The normalized spacial score (nSPS) is 15.5. The van der Waals surface area contributed by atoms with Gasteiger partial charge in [0.25, 0.3) is 0 Å². The number of halogens is 1. The van der Waals surface area contributed by atoms with Gasteiger partial charge in [-0.15, -0.1) is 0 Å². The van der Waals surface area contributed by atoms with Crippen molar-refractivity contribution in [1.29, 1.82) is 0 Å². The van der Waals surface area contributed by atoms with E-state index in [0.717, 1.165) is 25.9 Å². The highest BCUT2D eigenvalue weighted by molar-refractivity contribution is 5.73. The van der Waals surface area contributed by atoms with Crippen LogP contribution in [0.4, 0.5) is 22.0 Å². The second-order valence-corrected chi connectivity index (χ2v) is 6.70. The van der Waals surface area contributed by atoms with Crippen molar-refractivity contribution in [2.75, 3.05) is 31.2 Å². The maximum atomic E-state index is 13.0. The first-order valence-electron chi connectivity index (χ1n) is 8.89. The summed E-state index contributed by atoms with van der Waals surface area (Å²) in [5, 5.41) is 3.01. The minimum atomic E-state index is -0.310. The van der Waals surface area contributed by atoms with Gasteiger partial charge in [-0.1, -0.05) is 0 Å². The third kappa shape index (κ3) is 5.10. The number of nitrogen functional groups attached to an aromatic ring is 1. The van der Waals surface area contributed by atoms with Crippen molar-refractivity contribution in [2.24, 2.45) is 0 Å². The van der Waals surface area contributed by atoms with E-state index in [1.54, 1.807) is 19.1 Å². The number of nitrogens with two attached hydrogens (primary N) is 1. The molecule has 0 bridgehead atoms. The van der Waals surface area contributed by atoms with E-state index in [1.165, 1.54) is 12.1 Å². The van der Waals surface area contributed by atoms with Gasteiger partial charge in [0.05, 0.1) is 6.54 Å². The van der Waals surface area contributed by atoms with Crippen molar-refractivity contribution < 1.29 is 9.18 Å². The van der Waals surface area contributed by atoms with Crippen LogP contribution in [0, 0.1) is 5.82 Å². The number of aromatic nitrogens is 3. The molecule has 1 aliphatic rings. The number of hydrogen-bond acceptors (Lipinski definition) is 7. The number of anilines is 3. The smallest absolute Gasteiger partial charge is 0.232 e. The number of nitrogens with one attached hydrogen (secondary N) is 1. The molecule has 1 amide bonds. The highest BCUT2D eigenvalue weighted by Crippen LogP contribution is 2.18. The third-order valence-corrected chi connectivity index (χ3v) is 4.77. The van der Waals surface area contributed by atoms with Gasteiger partial charge in [0.2, 0.25) is 17.8 Å². The summed E-state index contributed by atoms with van der Waals surface area (Å²) in [6, 6.07) is 6.20. The van der Waals surface area contributed by atoms with Gasteiger partial charge in [0, 0.05) is 38.8 Å². The molecule has 0 aliphatic carbocycles. The second-order valence-electron chi connectivity index (χ2n) is 6.70. The van der Waals surface area contributed by atoms with E-state index in [9.17, 15) is 9.18 Å². The number of rotatable bonds is 5. The van der Waals surface area contributed by atoms with E-state index in [-0.39, 0.29) is 23.7 Å². The van der Waals surface area contributed by atoms with Crippen molar-refractivity contribution in [1.82, 2.24) is 24.8 Å². The predicted octanol–water partition coefficient (Wildman–Crippen LogP) is 1.78. The predicted molar refractivity (Wildman–Crippen MR) is 101 cm³/mol. The van der Waals surface area contributed by atoms with Gasteiger partial charge in [-0.25, -0.2) is 4.39 Å². The number of hydrogen-bond donors (Lipinski definition) is 2. The summed E-state index contributed by atoms with van der Waals surface area (Å²) in [6.07, 6.45) is 1.83. The van der Waals surface area contributed by atoms with E-state index in [2.05, 4.69) is 25.2 Å². The van der Waals surface area contributed by atoms with E-state index in [1.807, 2.05) is 11.9 Å². The van der Waals surface area contributed by atoms with Crippen molar-refractivity contribution in [3.63, 3.8) is 0 Å². The summed E-state index contributed by atoms with van der Waals surface area (Å²) < 4.78 is 13.0. The standard InChI is InChI=1S/C18H24FN7O/c1-12(27)25(2)15-7-9-26(10-8-15)11-16-22-17(20)24-18(23-16)21-14-5-3-13(19)4-6-14/h3-6,15H,7-11H2,1-2H3,(H3,20,21,22,23,24). The maximum absolute atomic E-state index is 13.0. The topological polar surface area (TPSA) is 100 Å². The van der Waals surface area contributed by atoms with Crippen LogP contribution in [0.25, 0.3) is 0 Å². The molecule has 0 atom stereocenters. The Bertz CT molecular complexity index is 791. The largest absolute Gasteiger partial charge is 0.368 e. The molecule has 3 rings (SSSR count). The Hall–Kier alpha value is -2.81. The molecule has 3 N–H and O–H groups in total. The van der Waals surface area contributed by atoms with Crippen molar-refractivity contribution in [2.45, 2.75) is 32.4 Å². The van der Waals surface area contributed by atoms with E-state index >= 15 is 0 Å². The molecule has 8 nitrogen and oxygen atoms in total. The van der Waals surface area contributed by atoms with E-state index in [0.29, 0.717) is 24.0 Å². The SMILES string of the molecule is CC(=O)N(C)C1CCN(Cc2nc(N)nc(Nc3ccc(F)cc3)n2)CC1. The molecule has 1 aromatic carbocycles. The van der Waals surface area contributed by atoms with Gasteiger partial charge < -0.3 is 16.0 Å². The fraction of sp³-hybridized carbons (Fsp3) is 0.444. The van der Waals surface area contributed by atoms with Gasteiger partial charge in [-0.3, -0.25) is 9.69 Å². The lowest BCUT2D eigenvalue weighted by atomic mass is 10.0. The number of carbonyl (C=O) groups is 1. The van der Waals surface area contributed by atoms with Gasteiger partial charge in [-0.05, 0) is 37.1 Å². The van der Waals surface area contributed by atoms with Crippen LogP contribution in [-0.4, -0.2) is 56.8 Å². The lowest BCUT2D eigenvalue weighted by molar-refractivity contribution is -0.130. The van der Waals surface area contributed by atoms with Crippen LogP contribution in [0.5, 0.6) is 0 Å². The molecule has 1 saturated heterocycles. The molecule has 144 valence electrons. The Morgan fingerprint density at radius 1 is 1.26 bits per heavy atom. The van der Waals surface area contributed by atoms with Crippen LogP contribution in [0.15, 0.2) is 24.3 Å². The number of amides is 1. The first kappa shape index (κ1) is 19.0. The van der Waals surface area contributed by atoms with Crippen LogP contribution in [-0.2, 0) is 11.3 Å². The Labute approximate surface area is 157 Å². The molecular formula is C18H24FN7O. The Morgan fingerprint density at radius 2 is 1.93 bits per heavy atom. The summed E-state index contributed by atoms with van der Waals surface area (Å²) in [5.41, 5.74) is 6.48. The molecular weight excluding hydrogens is 349 g/mol. The summed E-state index contributed by atoms with van der Waals surface area (Å²) in [7, 11) is 1.85. The Morgan fingerprint density at radius 3 is 2.56 bits per heavy atom. The highest BCUT2D eigenvalue weighted by Gasteiger charge is 2.24. The molecule has 1 fully saturated rings. The summed E-state index contributed by atoms with van der Waals surface area (Å²) in [4.78, 5) is 28.3. The molecule has 1 aromatic heterocycles. The first-order chi connectivity index (χ1) is 12.9. The molecule has 0 radical (unpaired) electrons. The van der Waals surface area contributed by atoms with Crippen LogP contribution < -0.4 is 11.1 Å². The minimum Gasteiger partial charge on any atom is -0.368 e. The van der Waals surface area contributed by atoms with Crippen molar-refractivity contribution in [3.05, 3.63) is 35.9 Å². The molecule has 2 aromatic rings. The van der Waals surface area contributed by atoms with Crippen molar-refractivity contribution in [3.8, 4) is 0 Å². The number of nitrogens with zero attached hydrogens (tertiary/aromatic N) is 5. The maximum Gasteiger partial charge on any atom is 0.232 e. The monoisotopic (exact) mass is 373 g/mol. The zero-order valence-corrected chi connectivity index (χ0v) is 15.5. The zero-order chi connectivity index (χ0) is 19.4. The molecule has 2 heterocycles. The molecule has 0 spiro atoms. The Kier molecular flexibility index (Phi) is 5.80. The minimum absolute atomic E-state index is 0.0928. The van der Waals surface area contributed by atoms with Crippen LogP contribution >= 0.6 is 0 Å². The fourth-order valence-electron chi connectivity index (χ4n) is 3.15. The highest BCUT2D eigenvalue weighted by atomic mass is 19.1. The lowest BCUT2D eigenvalue weighted by Gasteiger charge is -2.36. The van der Waals surface area contributed by atoms with Crippen LogP contribution in [0.3, 0.4) is 0 Å². The number of carbonyl (C=O) groups excluding carboxylic acids is 1. The zero-order valence-electron chi connectivity index (χ0n) is 15.5. The number of piperidine rings is 1. The second kappa shape index (κ2) is 8.26. The fourth-order valence-corrected chi connectivity index (χ4v) is 3.15. The van der Waals surface area contributed by atoms with Gasteiger partial charge in [-0.2, -0.15) is 15.0 Å². The molecule has 0 unspecified atom stereocenters. The third-order valence-electron chi connectivity index (χ3n) is 4.77. The summed E-state index contributed by atoms with van der Waals surface area (Å²) in [5.74, 6) is 0.821. The quantitative estimate of drug-likeness (QED) is 0.824. The van der Waals surface area contributed by atoms with Crippen molar-refractivity contribution >= 4 is 23.5 Å². The summed E-state index contributed by atoms with van der Waals surface area (Å²) in [6.45, 7) is 3.86. The van der Waals surface area contributed by atoms with Crippen LogP contribution in [0.1, 0.15) is 25.6 Å². The van der Waals surface area contributed by atoms with Gasteiger partial charge >= 0.3 is 0 Å². The van der Waals surface area contributed by atoms with Gasteiger partial charge in [0.1, 0.15) is 11.6 Å².